The molecule has 0 bridgehead atoms. The molecular weight excluding hydrogens is 571 g/mol. The molecular formula is C24H14Cl2N6O8. The van der Waals surface area contributed by atoms with Gasteiger partial charge in [0.2, 0.25) is 0 Å². The smallest absolute Gasteiger partial charge is 0.331 e. The Balaban J connectivity index is 1.32. The molecule has 0 unspecified atom stereocenters. The van der Waals surface area contributed by atoms with Crippen molar-refractivity contribution in [2.24, 2.45) is 10.2 Å². The van der Waals surface area contributed by atoms with Crippen molar-refractivity contribution in [2.45, 2.75) is 0 Å². The first kappa shape index (κ1) is 27.7. The lowest BCUT2D eigenvalue weighted by molar-refractivity contribution is -0.385. The second kappa shape index (κ2) is 12.0. The lowest BCUT2D eigenvalue weighted by Gasteiger charge is -2.00. The van der Waals surface area contributed by atoms with E-state index in [0.29, 0.717) is 0 Å². The summed E-state index contributed by atoms with van der Waals surface area (Å²) in [5.41, 5.74) is 4.19. The topological polar surface area (TPSA) is 195 Å². The maximum Gasteiger partial charge on any atom is 0.331 e. The molecule has 0 aliphatic carbocycles. The number of non-ortho nitro benzene ring substituents is 2. The minimum atomic E-state index is -1.15. The fourth-order valence-corrected chi connectivity index (χ4v) is 3.60. The molecule has 2 aromatic heterocycles. The van der Waals surface area contributed by atoms with Gasteiger partial charge >= 0.3 is 11.8 Å². The van der Waals surface area contributed by atoms with Crippen molar-refractivity contribution in [1.82, 2.24) is 10.9 Å². The van der Waals surface area contributed by atoms with E-state index in [9.17, 15) is 29.8 Å². The molecule has 0 spiro atoms. The number of carbonyl (C=O) groups is 2. The minimum Gasteiger partial charge on any atom is -0.455 e. The van der Waals surface area contributed by atoms with E-state index in [1.165, 1.54) is 60.7 Å². The molecule has 14 nitrogen and oxygen atoms in total. The summed E-state index contributed by atoms with van der Waals surface area (Å²) in [6.07, 6.45) is 2.21. The van der Waals surface area contributed by atoms with Crippen molar-refractivity contribution >= 4 is 58.8 Å². The summed E-state index contributed by atoms with van der Waals surface area (Å²) in [5.74, 6) is -1.52. The van der Waals surface area contributed by atoms with Crippen LogP contribution in [-0.2, 0) is 9.59 Å². The Kier molecular flexibility index (Phi) is 8.32. The van der Waals surface area contributed by atoms with Crippen molar-refractivity contribution in [3.05, 3.63) is 102 Å². The van der Waals surface area contributed by atoms with Crippen LogP contribution in [0.1, 0.15) is 11.5 Å². The first-order valence-corrected chi connectivity index (χ1v) is 11.6. The van der Waals surface area contributed by atoms with Crippen molar-refractivity contribution < 1.29 is 28.3 Å². The standard InChI is InChI=1S/C24H14Cl2N6O8/c25-19-5-1-13(31(35)36)9-17(19)21-7-3-15(39-21)11-27-29-23(33)24(34)30-28-12-16-4-8-22(40-16)18-10-14(32(37)38)2-6-20(18)26/h1-12H,(H,29,33)(H,30,34)/b27-11+,28-12?. The number of hydrogen-bond acceptors (Lipinski definition) is 10. The van der Waals surface area contributed by atoms with Gasteiger partial charge in [0.1, 0.15) is 23.0 Å². The average molecular weight is 585 g/mol. The lowest BCUT2D eigenvalue weighted by Crippen LogP contribution is -2.35. The first-order chi connectivity index (χ1) is 19.1. The molecule has 0 radical (unpaired) electrons. The van der Waals surface area contributed by atoms with Crippen molar-refractivity contribution in [1.29, 1.82) is 0 Å². The number of rotatable bonds is 8. The number of nitro groups is 2. The van der Waals surface area contributed by atoms with E-state index in [4.69, 9.17) is 32.0 Å². The molecule has 0 aliphatic heterocycles. The van der Waals surface area contributed by atoms with Gasteiger partial charge in [-0.3, -0.25) is 29.8 Å². The average Bonchev–Trinajstić information content (AvgIpc) is 3.59. The monoisotopic (exact) mass is 584 g/mol. The van der Waals surface area contributed by atoms with Gasteiger partial charge in [-0.15, -0.1) is 0 Å². The highest BCUT2D eigenvalue weighted by molar-refractivity contribution is 6.35. The third-order valence-electron chi connectivity index (χ3n) is 5.03. The molecule has 2 amide bonds. The van der Waals surface area contributed by atoms with Gasteiger partial charge in [-0.25, -0.2) is 10.9 Å². The molecule has 0 saturated heterocycles. The maximum atomic E-state index is 11.9. The molecule has 0 fully saturated rings. The van der Waals surface area contributed by atoms with E-state index in [0.717, 1.165) is 12.4 Å². The minimum absolute atomic E-state index is 0.161. The van der Waals surface area contributed by atoms with Gasteiger partial charge in [-0.1, -0.05) is 23.2 Å². The van der Waals surface area contributed by atoms with Gasteiger partial charge in [-0.05, 0) is 36.4 Å². The number of nitro benzene ring substituents is 2. The van der Waals surface area contributed by atoms with Crippen LogP contribution >= 0.6 is 23.2 Å². The SMILES string of the molecule is O=C(NN=Cc1ccc(-c2cc([N+](=O)[O-])ccc2Cl)o1)C(=O)N/N=C/c1ccc(-c2cc([N+](=O)[O-])ccc2Cl)o1. The van der Waals surface area contributed by atoms with Gasteiger partial charge in [-0.2, -0.15) is 10.2 Å². The van der Waals surface area contributed by atoms with Crippen LogP contribution in [0.4, 0.5) is 11.4 Å². The van der Waals surface area contributed by atoms with E-state index in [1.54, 1.807) is 0 Å². The summed E-state index contributed by atoms with van der Waals surface area (Å²) in [6, 6.07) is 13.7. The van der Waals surface area contributed by atoms with E-state index < -0.39 is 21.7 Å². The second-order valence-corrected chi connectivity index (χ2v) is 8.46. The Morgan fingerprint density at radius 3 is 1.48 bits per heavy atom. The summed E-state index contributed by atoms with van der Waals surface area (Å²) in [7, 11) is 0. The molecule has 202 valence electrons. The Morgan fingerprint density at radius 2 is 1.10 bits per heavy atom. The Hall–Kier alpha value is -5.34. The Labute approximate surface area is 233 Å². The predicted octanol–water partition coefficient (Wildman–Crippen LogP) is 4.93. The second-order valence-electron chi connectivity index (χ2n) is 7.64. The molecule has 40 heavy (non-hydrogen) atoms. The molecule has 16 heteroatoms. The highest BCUT2D eigenvalue weighted by atomic mass is 35.5. The van der Waals surface area contributed by atoms with Gasteiger partial charge in [0.15, 0.2) is 0 Å². The largest absolute Gasteiger partial charge is 0.455 e. The third kappa shape index (κ3) is 6.56. The summed E-state index contributed by atoms with van der Waals surface area (Å²) in [6.45, 7) is 0. The van der Waals surface area contributed by atoms with Gasteiger partial charge in [0.05, 0.1) is 32.3 Å². The van der Waals surface area contributed by atoms with Crippen LogP contribution in [0.25, 0.3) is 22.6 Å². The zero-order chi connectivity index (χ0) is 28.8. The lowest BCUT2D eigenvalue weighted by atomic mass is 10.1. The van der Waals surface area contributed by atoms with Crippen LogP contribution in [-0.4, -0.2) is 34.1 Å². The van der Waals surface area contributed by atoms with Gasteiger partial charge in [0, 0.05) is 35.4 Å². The molecule has 0 atom stereocenters. The number of halogens is 2. The van der Waals surface area contributed by atoms with Crippen molar-refractivity contribution in [2.75, 3.05) is 0 Å². The zero-order valence-electron chi connectivity index (χ0n) is 19.7. The molecule has 0 saturated carbocycles. The van der Waals surface area contributed by atoms with Crippen LogP contribution in [0.15, 0.2) is 79.7 Å². The number of nitrogens with zero attached hydrogens (tertiary/aromatic N) is 4. The summed E-state index contributed by atoms with van der Waals surface area (Å²) < 4.78 is 11.0. The van der Waals surface area contributed by atoms with E-state index in [2.05, 4.69) is 10.2 Å². The van der Waals surface area contributed by atoms with Crippen LogP contribution in [0.2, 0.25) is 10.0 Å². The highest BCUT2D eigenvalue weighted by Gasteiger charge is 2.16. The summed E-state index contributed by atoms with van der Waals surface area (Å²) >= 11 is 12.2. The molecule has 4 rings (SSSR count). The maximum absolute atomic E-state index is 11.9. The van der Waals surface area contributed by atoms with Gasteiger partial charge in [0.25, 0.3) is 11.4 Å². The van der Waals surface area contributed by atoms with E-state index in [-0.39, 0.29) is 55.6 Å². The third-order valence-corrected chi connectivity index (χ3v) is 5.69. The normalized spacial score (nSPS) is 11.2. The number of amides is 2. The Morgan fingerprint density at radius 1 is 0.700 bits per heavy atom. The molecule has 2 aromatic carbocycles. The summed E-state index contributed by atoms with van der Waals surface area (Å²) in [5, 5.41) is 29.7. The van der Waals surface area contributed by atoms with Crippen molar-refractivity contribution in [3.8, 4) is 22.6 Å². The number of benzene rings is 2. The van der Waals surface area contributed by atoms with E-state index in [1.807, 2.05) is 10.9 Å². The number of carbonyl (C=O) groups excluding carboxylic acids is 2. The van der Waals surface area contributed by atoms with Crippen molar-refractivity contribution in [3.63, 3.8) is 0 Å². The number of hydrazone groups is 2. The number of nitrogens with one attached hydrogen (secondary N) is 2. The van der Waals surface area contributed by atoms with E-state index >= 15 is 0 Å². The molecule has 2 N–H and O–H groups in total. The molecule has 2 heterocycles. The fourth-order valence-electron chi connectivity index (χ4n) is 3.18. The Bertz CT molecular complexity index is 1570. The van der Waals surface area contributed by atoms with Crippen LogP contribution in [0, 0.1) is 20.2 Å². The first-order valence-electron chi connectivity index (χ1n) is 10.9. The number of hydrogen-bond donors (Lipinski definition) is 2. The highest BCUT2D eigenvalue weighted by Crippen LogP contribution is 2.33. The van der Waals surface area contributed by atoms with Gasteiger partial charge < -0.3 is 8.83 Å². The fraction of sp³-hybridized carbons (Fsp3) is 0. The molecule has 4 aromatic rings. The van der Waals surface area contributed by atoms with Crippen LogP contribution in [0.3, 0.4) is 0 Å². The summed E-state index contributed by atoms with van der Waals surface area (Å²) in [4.78, 5) is 44.7. The van der Waals surface area contributed by atoms with Crippen LogP contribution in [0.5, 0.6) is 0 Å². The predicted molar refractivity (Wildman–Crippen MR) is 143 cm³/mol. The van der Waals surface area contributed by atoms with Crippen LogP contribution < -0.4 is 10.9 Å². The quantitative estimate of drug-likeness (QED) is 0.126. The zero-order valence-corrected chi connectivity index (χ0v) is 21.3. The molecule has 0 aliphatic rings. The number of furan rings is 2.